The Hall–Kier alpha value is -2.37. The van der Waals surface area contributed by atoms with E-state index >= 15 is 0 Å². The van der Waals surface area contributed by atoms with Crippen molar-refractivity contribution < 1.29 is 19.1 Å². The van der Waals surface area contributed by atoms with E-state index < -0.39 is 6.09 Å². The second-order valence-corrected chi connectivity index (χ2v) is 7.73. The number of rotatable bonds is 3. The highest BCUT2D eigenvalue weighted by atomic mass is 16.6. The molecule has 1 aromatic rings. The number of hydrogen-bond acceptors (Lipinski definition) is 4. The van der Waals surface area contributed by atoms with Crippen molar-refractivity contribution in [1.82, 2.24) is 9.80 Å². The summed E-state index contributed by atoms with van der Waals surface area (Å²) in [6.07, 6.45) is 1.08. The van der Waals surface area contributed by atoms with Gasteiger partial charge in [-0.3, -0.25) is 14.5 Å². The van der Waals surface area contributed by atoms with E-state index in [1.165, 1.54) is 4.90 Å². The lowest BCUT2D eigenvalue weighted by molar-refractivity contribution is -0.146. The zero-order valence-electron chi connectivity index (χ0n) is 15.1. The summed E-state index contributed by atoms with van der Waals surface area (Å²) in [5.74, 6) is -0.238. The number of likely N-dealkylation sites (tertiary alicyclic amines) is 2. The van der Waals surface area contributed by atoms with Crippen LogP contribution in [0.4, 0.5) is 4.79 Å². The van der Waals surface area contributed by atoms with Crippen LogP contribution in [0.2, 0.25) is 0 Å². The topological polar surface area (TPSA) is 66.9 Å². The minimum absolute atomic E-state index is 0.0241. The molecule has 138 valence electrons. The molecular weight excluding hydrogens is 332 g/mol. The van der Waals surface area contributed by atoms with E-state index in [4.69, 9.17) is 4.74 Å². The zero-order valence-corrected chi connectivity index (χ0v) is 15.1. The van der Waals surface area contributed by atoms with Gasteiger partial charge in [0.1, 0.15) is 6.61 Å². The molecule has 1 aromatic carbocycles. The maximum absolute atomic E-state index is 12.7. The third-order valence-corrected chi connectivity index (χ3v) is 5.99. The van der Waals surface area contributed by atoms with E-state index in [0.717, 1.165) is 12.0 Å². The van der Waals surface area contributed by atoms with E-state index in [1.54, 1.807) is 4.90 Å². The number of fused-ring (bicyclic) bond motifs is 1. The standard InChI is InChI=1S/C20H24N2O4/c1-12-10-15(12)19(24)22-16-8-9-21(17(16)13(2)18(22)23)20(25)26-11-14-6-4-3-5-7-14/h3-7,12-13,15-17H,8-11H2,1-2H3/t12?,13-,15?,16-,17?/m0/s1. The zero-order chi connectivity index (χ0) is 18.4. The molecule has 26 heavy (non-hydrogen) atoms. The first-order valence-electron chi connectivity index (χ1n) is 9.33. The number of nitrogens with zero attached hydrogens (tertiary/aromatic N) is 2. The highest BCUT2D eigenvalue weighted by Crippen LogP contribution is 2.44. The first-order valence-corrected chi connectivity index (χ1v) is 9.33. The molecule has 1 aliphatic carbocycles. The first kappa shape index (κ1) is 17.1. The van der Waals surface area contributed by atoms with E-state index in [1.807, 2.05) is 44.2 Å². The quantitative estimate of drug-likeness (QED) is 0.780. The number of amides is 3. The predicted octanol–water partition coefficient (Wildman–Crippen LogP) is 2.43. The van der Waals surface area contributed by atoms with E-state index in [9.17, 15) is 14.4 Å². The van der Waals surface area contributed by atoms with Gasteiger partial charge in [0.05, 0.1) is 18.0 Å². The van der Waals surface area contributed by atoms with Crippen molar-refractivity contribution in [2.45, 2.75) is 45.4 Å². The SMILES string of the molecule is CC1CC1C(=O)N1C(=O)[C@@H](C)C2[C@@H]1CCN2C(=O)OCc1ccccc1. The molecule has 0 radical (unpaired) electrons. The summed E-state index contributed by atoms with van der Waals surface area (Å²) in [5.41, 5.74) is 0.923. The molecule has 3 unspecified atom stereocenters. The van der Waals surface area contributed by atoms with Crippen molar-refractivity contribution in [3.05, 3.63) is 35.9 Å². The number of imide groups is 1. The highest BCUT2D eigenvalue weighted by Gasteiger charge is 2.57. The van der Waals surface area contributed by atoms with Crippen LogP contribution in [-0.2, 0) is 20.9 Å². The fourth-order valence-electron chi connectivity index (χ4n) is 4.34. The van der Waals surface area contributed by atoms with Crippen molar-refractivity contribution >= 4 is 17.9 Å². The number of benzene rings is 1. The van der Waals surface area contributed by atoms with Crippen molar-refractivity contribution in [3.8, 4) is 0 Å². The second kappa shape index (κ2) is 6.41. The Morgan fingerprint density at radius 2 is 1.88 bits per heavy atom. The van der Waals surface area contributed by atoms with Crippen LogP contribution >= 0.6 is 0 Å². The lowest BCUT2D eigenvalue weighted by atomic mass is 10.0. The third kappa shape index (κ3) is 2.77. The summed E-state index contributed by atoms with van der Waals surface area (Å²) in [5, 5.41) is 0. The summed E-state index contributed by atoms with van der Waals surface area (Å²) in [4.78, 5) is 41.0. The molecule has 0 bridgehead atoms. The van der Waals surface area contributed by atoms with Crippen LogP contribution in [0.3, 0.4) is 0 Å². The lowest BCUT2D eigenvalue weighted by Gasteiger charge is -2.25. The van der Waals surface area contributed by atoms with Gasteiger partial charge in [0.2, 0.25) is 11.8 Å². The molecule has 6 heteroatoms. The average Bonchev–Trinajstić information content (AvgIpc) is 3.13. The molecular formula is C20H24N2O4. The molecule has 0 N–H and O–H groups in total. The Balaban J connectivity index is 1.44. The van der Waals surface area contributed by atoms with Crippen LogP contribution in [0.1, 0.15) is 32.3 Å². The van der Waals surface area contributed by atoms with Crippen molar-refractivity contribution in [1.29, 1.82) is 0 Å². The van der Waals surface area contributed by atoms with Gasteiger partial charge >= 0.3 is 6.09 Å². The normalized spacial score (nSPS) is 32.5. The smallest absolute Gasteiger partial charge is 0.410 e. The predicted molar refractivity (Wildman–Crippen MR) is 93.8 cm³/mol. The first-order chi connectivity index (χ1) is 12.5. The highest BCUT2D eigenvalue weighted by molar-refractivity contribution is 6.01. The number of hydrogen-bond donors (Lipinski definition) is 0. The monoisotopic (exact) mass is 356 g/mol. The molecule has 3 aliphatic rings. The van der Waals surface area contributed by atoms with Crippen LogP contribution in [0.25, 0.3) is 0 Å². The average molecular weight is 356 g/mol. The Morgan fingerprint density at radius 3 is 2.54 bits per heavy atom. The minimum Gasteiger partial charge on any atom is -0.445 e. The van der Waals surface area contributed by atoms with E-state index in [2.05, 4.69) is 0 Å². The van der Waals surface area contributed by atoms with Crippen LogP contribution in [0, 0.1) is 17.8 Å². The molecule has 0 spiro atoms. The Bertz CT molecular complexity index is 735. The van der Waals surface area contributed by atoms with Gasteiger partial charge in [-0.25, -0.2) is 4.79 Å². The van der Waals surface area contributed by atoms with Gasteiger partial charge in [-0.2, -0.15) is 0 Å². The molecule has 2 heterocycles. The maximum atomic E-state index is 12.7. The van der Waals surface area contributed by atoms with Crippen molar-refractivity contribution in [2.24, 2.45) is 17.8 Å². The van der Waals surface area contributed by atoms with Crippen molar-refractivity contribution in [2.75, 3.05) is 6.54 Å². The molecule has 1 saturated carbocycles. The van der Waals surface area contributed by atoms with Crippen LogP contribution in [0.5, 0.6) is 0 Å². The third-order valence-electron chi connectivity index (χ3n) is 5.99. The largest absolute Gasteiger partial charge is 0.445 e. The van der Waals surface area contributed by atoms with Gasteiger partial charge in [-0.15, -0.1) is 0 Å². The fourth-order valence-corrected chi connectivity index (χ4v) is 4.34. The van der Waals surface area contributed by atoms with Gasteiger partial charge in [-0.1, -0.05) is 44.2 Å². The van der Waals surface area contributed by atoms with E-state index in [-0.39, 0.29) is 42.3 Å². The Morgan fingerprint density at radius 1 is 1.19 bits per heavy atom. The number of carbonyl (C=O) groups excluding carboxylic acids is 3. The molecule has 0 aromatic heterocycles. The van der Waals surface area contributed by atoms with Crippen LogP contribution in [0.15, 0.2) is 30.3 Å². The summed E-state index contributed by atoms with van der Waals surface area (Å²) in [6, 6.07) is 9.03. The lowest BCUT2D eigenvalue weighted by Crippen LogP contribution is -2.43. The molecule has 3 fully saturated rings. The number of carbonyl (C=O) groups is 3. The molecule has 5 atom stereocenters. The fraction of sp³-hybridized carbons (Fsp3) is 0.550. The molecule has 2 saturated heterocycles. The van der Waals surface area contributed by atoms with E-state index in [0.29, 0.717) is 18.9 Å². The molecule has 6 nitrogen and oxygen atoms in total. The summed E-state index contributed by atoms with van der Waals surface area (Å²) >= 11 is 0. The molecule has 2 aliphatic heterocycles. The van der Waals surface area contributed by atoms with Gasteiger partial charge in [0, 0.05) is 12.5 Å². The molecule has 4 rings (SSSR count). The van der Waals surface area contributed by atoms with Crippen molar-refractivity contribution in [3.63, 3.8) is 0 Å². The Labute approximate surface area is 153 Å². The minimum atomic E-state index is -0.407. The molecule has 3 amide bonds. The summed E-state index contributed by atoms with van der Waals surface area (Å²) in [6.45, 7) is 4.57. The van der Waals surface area contributed by atoms with Gasteiger partial charge in [0.25, 0.3) is 0 Å². The second-order valence-electron chi connectivity index (χ2n) is 7.73. The summed E-state index contributed by atoms with van der Waals surface area (Å²) in [7, 11) is 0. The summed E-state index contributed by atoms with van der Waals surface area (Å²) < 4.78 is 5.45. The number of ether oxygens (including phenoxy) is 1. The van der Waals surface area contributed by atoms with Crippen LogP contribution in [-0.4, -0.2) is 46.3 Å². The Kier molecular flexibility index (Phi) is 4.21. The maximum Gasteiger partial charge on any atom is 0.410 e. The van der Waals surface area contributed by atoms with Crippen LogP contribution < -0.4 is 0 Å². The van der Waals surface area contributed by atoms with Gasteiger partial charge in [0.15, 0.2) is 0 Å². The van der Waals surface area contributed by atoms with Gasteiger partial charge < -0.3 is 9.64 Å². The van der Waals surface area contributed by atoms with Gasteiger partial charge in [-0.05, 0) is 24.3 Å².